The number of para-hydroxylation sites is 1. The molecule has 1 aromatic heterocycles. The second kappa shape index (κ2) is 5.71. The third-order valence-electron chi connectivity index (χ3n) is 2.77. The van der Waals surface area contributed by atoms with Crippen molar-refractivity contribution >= 4 is 22.9 Å². The van der Waals surface area contributed by atoms with E-state index in [-0.39, 0.29) is 28.9 Å². The number of amides is 1. The lowest BCUT2D eigenvalue weighted by molar-refractivity contribution is 0.0933. The number of nitrogen functional groups attached to an aromatic ring is 1. The minimum Gasteiger partial charge on any atom is -0.505 e. The molecule has 6 heteroatoms. The van der Waals surface area contributed by atoms with E-state index >= 15 is 0 Å². The Bertz CT molecular complexity index is 569. The predicted molar refractivity (Wildman–Crippen MR) is 75.1 cm³/mol. The number of carbonyl (C=O) groups excluding carboxylic acids is 1. The molecule has 1 aromatic carbocycles. The topological polar surface area (TPSA) is 88.2 Å². The van der Waals surface area contributed by atoms with Crippen molar-refractivity contribution in [2.24, 2.45) is 0 Å². The van der Waals surface area contributed by atoms with Gasteiger partial charge in [0.25, 0.3) is 5.91 Å². The molecule has 0 spiro atoms. The van der Waals surface area contributed by atoms with Crippen LogP contribution in [0.25, 0.3) is 0 Å². The molecular weight excluding hydrogens is 262 g/mol. The summed E-state index contributed by atoms with van der Waals surface area (Å²) in [6.07, 6.45) is 2.43. The van der Waals surface area contributed by atoms with Crippen molar-refractivity contribution in [2.45, 2.75) is 19.4 Å². The molecule has 5 nitrogen and oxygen atoms in total. The number of carbonyl (C=O) groups is 1. The molecule has 0 fully saturated rings. The monoisotopic (exact) mass is 277 g/mol. The van der Waals surface area contributed by atoms with E-state index < -0.39 is 0 Å². The molecule has 0 aliphatic carbocycles. The molecule has 0 bridgehead atoms. The number of nitrogens with zero attached hydrogens (tertiary/aromatic N) is 1. The number of benzene rings is 1. The van der Waals surface area contributed by atoms with Gasteiger partial charge in [-0.1, -0.05) is 13.0 Å². The smallest absolute Gasteiger partial charge is 0.255 e. The van der Waals surface area contributed by atoms with E-state index in [4.69, 9.17) is 5.73 Å². The summed E-state index contributed by atoms with van der Waals surface area (Å²) in [5.74, 6) is -0.541. The molecule has 19 heavy (non-hydrogen) atoms. The van der Waals surface area contributed by atoms with Gasteiger partial charge in [-0.3, -0.25) is 4.79 Å². The molecule has 1 atom stereocenters. The maximum Gasteiger partial charge on any atom is 0.255 e. The quantitative estimate of drug-likeness (QED) is 0.591. The average molecular weight is 277 g/mol. The lowest BCUT2D eigenvalue weighted by Crippen LogP contribution is -2.28. The van der Waals surface area contributed by atoms with Gasteiger partial charge in [-0.15, -0.1) is 11.3 Å². The van der Waals surface area contributed by atoms with Gasteiger partial charge >= 0.3 is 0 Å². The van der Waals surface area contributed by atoms with Gasteiger partial charge in [-0.05, 0) is 18.6 Å². The number of rotatable bonds is 4. The summed E-state index contributed by atoms with van der Waals surface area (Å²) in [5, 5.41) is 15.3. The van der Waals surface area contributed by atoms with Gasteiger partial charge in [0, 0.05) is 11.6 Å². The largest absolute Gasteiger partial charge is 0.505 e. The summed E-state index contributed by atoms with van der Waals surface area (Å²) in [5.41, 5.74) is 5.94. The van der Waals surface area contributed by atoms with Crippen molar-refractivity contribution < 1.29 is 9.90 Å². The van der Waals surface area contributed by atoms with Gasteiger partial charge in [-0.2, -0.15) is 0 Å². The van der Waals surface area contributed by atoms with E-state index in [2.05, 4.69) is 10.3 Å². The van der Waals surface area contributed by atoms with Gasteiger partial charge in [-0.25, -0.2) is 4.98 Å². The molecule has 0 saturated carbocycles. The van der Waals surface area contributed by atoms with Gasteiger partial charge < -0.3 is 16.2 Å². The predicted octanol–water partition coefficient (Wildman–Crippen LogP) is 2.31. The van der Waals surface area contributed by atoms with Gasteiger partial charge in [0.2, 0.25) is 0 Å². The van der Waals surface area contributed by atoms with Crippen LogP contribution >= 0.6 is 11.3 Å². The van der Waals surface area contributed by atoms with Crippen LogP contribution in [0.3, 0.4) is 0 Å². The van der Waals surface area contributed by atoms with Crippen molar-refractivity contribution in [1.29, 1.82) is 0 Å². The van der Waals surface area contributed by atoms with Crippen LogP contribution in [0.1, 0.15) is 34.8 Å². The number of phenols is 1. The number of aromatic hydroxyl groups is 1. The van der Waals surface area contributed by atoms with E-state index in [1.165, 1.54) is 17.4 Å². The van der Waals surface area contributed by atoms with E-state index in [9.17, 15) is 9.90 Å². The summed E-state index contributed by atoms with van der Waals surface area (Å²) >= 11 is 1.49. The second-order valence-corrected chi connectivity index (χ2v) is 4.97. The van der Waals surface area contributed by atoms with Crippen LogP contribution in [0, 0.1) is 0 Å². The number of phenolic OH excluding ortho intramolecular Hbond substituents is 1. The summed E-state index contributed by atoms with van der Waals surface area (Å²) in [6.45, 7) is 1.96. The van der Waals surface area contributed by atoms with Gasteiger partial charge in [0.05, 0.1) is 17.3 Å². The Hall–Kier alpha value is -2.08. The molecule has 0 aliphatic heterocycles. The Balaban J connectivity index is 2.18. The van der Waals surface area contributed by atoms with Crippen LogP contribution in [0.15, 0.2) is 29.8 Å². The first-order valence-electron chi connectivity index (χ1n) is 5.91. The molecule has 1 heterocycles. The van der Waals surface area contributed by atoms with Crippen LogP contribution in [-0.2, 0) is 0 Å². The van der Waals surface area contributed by atoms with E-state index in [1.807, 2.05) is 12.3 Å². The fraction of sp³-hybridized carbons (Fsp3) is 0.231. The Morgan fingerprint density at radius 1 is 1.58 bits per heavy atom. The van der Waals surface area contributed by atoms with Crippen LogP contribution in [-0.4, -0.2) is 16.0 Å². The highest BCUT2D eigenvalue weighted by atomic mass is 32.1. The third kappa shape index (κ3) is 2.85. The number of aromatic nitrogens is 1. The lowest BCUT2D eigenvalue weighted by atomic mass is 10.1. The molecular formula is C13H15N3O2S. The molecule has 4 N–H and O–H groups in total. The molecule has 1 amide bonds. The minimum absolute atomic E-state index is 0.159. The van der Waals surface area contributed by atoms with Crippen LogP contribution in [0.2, 0.25) is 0 Å². The third-order valence-corrected chi connectivity index (χ3v) is 3.66. The Labute approximate surface area is 115 Å². The number of thiazole rings is 1. The molecule has 0 aliphatic rings. The Morgan fingerprint density at radius 3 is 3.00 bits per heavy atom. The fourth-order valence-electron chi connectivity index (χ4n) is 1.73. The zero-order chi connectivity index (χ0) is 13.8. The first-order valence-corrected chi connectivity index (χ1v) is 6.79. The highest BCUT2D eigenvalue weighted by molar-refractivity contribution is 7.09. The molecule has 2 rings (SSSR count). The second-order valence-electron chi connectivity index (χ2n) is 4.05. The van der Waals surface area contributed by atoms with Crippen molar-refractivity contribution in [1.82, 2.24) is 10.3 Å². The fourth-order valence-corrected chi connectivity index (χ4v) is 2.50. The summed E-state index contributed by atoms with van der Waals surface area (Å²) in [4.78, 5) is 16.3. The number of nitrogens with one attached hydrogen (secondary N) is 1. The average Bonchev–Trinajstić information content (AvgIpc) is 2.92. The van der Waals surface area contributed by atoms with Crippen LogP contribution in [0.4, 0.5) is 5.69 Å². The zero-order valence-corrected chi connectivity index (χ0v) is 11.3. The molecule has 2 aromatic rings. The van der Waals surface area contributed by atoms with Gasteiger partial charge in [0.1, 0.15) is 5.01 Å². The maximum absolute atomic E-state index is 12.1. The number of hydrogen-bond acceptors (Lipinski definition) is 5. The summed E-state index contributed by atoms with van der Waals surface area (Å²) in [6, 6.07) is 4.56. The standard InChI is InChI=1S/C13H15N3O2S/c1-2-10(13-15-6-7-19-13)16-12(18)8-4-3-5-9(14)11(8)17/h3-7,10,17H,2,14H2,1H3,(H,16,18). The zero-order valence-electron chi connectivity index (χ0n) is 10.5. The van der Waals surface area contributed by atoms with Crippen molar-refractivity contribution in [3.05, 3.63) is 40.3 Å². The molecule has 100 valence electrons. The minimum atomic E-state index is -0.355. The summed E-state index contributed by atoms with van der Waals surface area (Å²) in [7, 11) is 0. The van der Waals surface area contributed by atoms with Crippen molar-refractivity contribution in [3.8, 4) is 5.75 Å². The first kappa shape index (κ1) is 13.4. The van der Waals surface area contributed by atoms with Gasteiger partial charge in [0.15, 0.2) is 5.75 Å². The Kier molecular flexibility index (Phi) is 4.01. The normalized spacial score (nSPS) is 12.1. The van der Waals surface area contributed by atoms with E-state index in [0.29, 0.717) is 0 Å². The molecule has 1 unspecified atom stereocenters. The lowest BCUT2D eigenvalue weighted by Gasteiger charge is -2.15. The van der Waals surface area contributed by atoms with Crippen LogP contribution in [0.5, 0.6) is 5.75 Å². The molecule has 0 radical (unpaired) electrons. The Morgan fingerprint density at radius 2 is 2.37 bits per heavy atom. The van der Waals surface area contributed by atoms with E-state index in [0.717, 1.165) is 11.4 Å². The highest BCUT2D eigenvalue weighted by Gasteiger charge is 2.18. The number of hydrogen-bond donors (Lipinski definition) is 3. The number of anilines is 1. The number of nitrogens with two attached hydrogens (primary N) is 1. The summed E-state index contributed by atoms with van der Waals surface area (Å²) < 4.78 is 0. The van der Waals surface area contributed by atoms with E-state index in [1.54, 1.807) is 18.3 Å². The first-order chi connectivity index (χ1) is 9.13. The van der Waals surface area contributed by atoms with Crippen LogP contribution < -0.4 is 11.1 Å². The molecule has 0 saturated heterocycles. The SMILES string of the molecule is CCC(NC(=O)c1cccc(N)c1O)c1nccs1. The highest BCUT2D eigenvalue weighted by Crippen LogP contribution is 2.26. The maximum atomic E-state index is 12.1. The van der Waals surface area contributed by atoms with Crippen molar-refractivity contribution in [2.75, 3.05) is 5.73 Å². The van der Waals surface area contributed by atoms with Crippen molar-refractivity contribution in [3.63, 3.8) is 0 Å².